The van der Waals surface area contributed by atoms with Gasteiger partial charge in [-0.15, -0.1) is 5.10 Å². The monoisotopic (exact) mass is 667 g/mol. The van der Waals surface area contributed by atoms with E-state index in [0.717, 1.165) is 66.4 Å². The minimum Gasteiger partial charge on any atom is -0.611 e. The molecule has 48 heavy (non-hydrogen) atoms. The molecule has 1 unspecified atom stereocenters. The molecule has 0 fully saturated rings. The van der Waals surface area contributed by atoms with Crippen LogP contribution >= 0.6 is 0 Å². The van der Waals surface area contributed by atoms with Gasteiger partial charge in [-0.2, -0.15) is 5.10 Å². The van der Waals surface area contributed by atoms with E-state index in [2.05, 4.69) is 76.5 Å². The number of aryl methyl sites for hydroxylation is 1. The normalized spacial score (nSPS) is 13.5. The number of benzene rings is 3. The number of anilines is 2. The molecule has 1 amide bonds. The summed E-state index contributed by atoms with van der Waals surface area (Å²) in [5.74, 6) is 1.74. The number of hydrogen-bond acceptors (Lipinski definition) is 8. The summed E-state index contributed by atoms with van der Waals surface area (Å²) < 4.78 is 24.3. The van der Waals surface area contributed by atoms with Crippen molar-refractivity contribution in [2.75, 3.05) is 43.1 Å². The van der Waals surface area contributed by atoms with Crippen LogP contribution in [-0.4, -0.2) is 58.6 Å². The lowest BCUT2D eigenvalue weighted by Crippen LogP contribution is -2.29. The van der Waals surface area contributed by atoms with Crippen molar-refractivity contribution >= 4 is 34.5 Å². The SMILES string of the molecule is CCCCOCCOc1ccc(-c2ccc3c(c2)C=C(C(=O)Nc2ccc([S+]([O-])Cc4nncc(C)n4)cc2)CCN3CC(C)C)cc1. The van der Waals surface area contributed by atoms with Crippen LogP contribution in [0, 0.1) is 12.8 Å². The van der Waals surface area contributed by atoms with E-state index in [9.17, 15) is 9.35 Å². The molecule has 1 aliphatic heterocycles. The molecule has 1 atom stereocenters. The molecule has 0 aliphatic carbocycles. The van der Waals surface area contributed by atoms with E-state index in [1.807, 2.05) is 25.1 Å². The van der Waals surface area contributed by atoms with Gasteiger partial charge in [0.1, 0.15) is 12.4 Å². The molecular formula is C38H45N5O4S. The zero-order chi connectivity index (χ0) is 33.9. The first-order chi connectivity index (χ1) is 23.3. The first-order valence-corrected chi connectivity index (χ1v) is 18.0. The second-order valence-corrected chi connectivity index (χ2v) is 13.8. The van der Waals surface area contributed by atoms with Crippen molar-refractivity contribution < 1.29 is 18.8 Å². The van der Waals surface area contributed by atoms with Gasteiger partial charge in [0.05, 0.1) is 18.5 Å². The Balaban J connectivity index is 1.28. The maximum atomic E-state index is 13.6. The maximum absolute atomic E-state index is 13.6. The summed E-state index contributed by atoms with van der Waals surface area (Å²) in [4.78, 5) is 20.9. The number of rotatable bonds is 15. The van der Waals surface area contributed by atoms with Crippen LogP contribution in [-0.2, 0) is 26.5 Å². The number of nitrogens with zero attached hydrogens (tertiary/aromatic N) is 4. The first-order valence-electron chi connectivity index (χ1n) is 16.6. The number of hydrogen-bond donors (Lipinski definition) is 1. The van der Waals surface area contributed by atoms with Gasteiger partial charge in [0.25, 0.3) is 5.91 Å². The summed E-state index contributed by atoms with van der Waals surface area (Å²) in [6.45, 7) is 11.9. The topological polar surface area (TPSA) is 113 Å². The van der Waals surface area contributed by atoms with Crippen LogP contribution in [0.1, 0.15) is 57.1 Å². The lowest BCUT2D eigenvalue weighted by Gasteiger charge is -2.27. The number of aromatic nitrogens is 3. The van der Waals surface area contributed by atoms with E-state index < -0.39 is 11.2 Å². The van der Waals surface area contributed by atoms with Crippen molar-refractivity contribution in [2.45, 2.75) is 57.6 Å². The van der Waals surface area contributed by atoms with E-state index in [4.69, 9.17) is 9.47 Å². The van der Waals surface area contributed by atoms with Gasteiger partial charge in [0.2, 0.25) is 5.82 Å². The molecule has 0 saturated heterocycles. The summed E-state index contributed by atoms with van der Waals surface area (Å²) in [5, 5.41) is 10.9. The van der Waals surface area contributed by atoms with Gasteiger partial charge in [0.15, 0.2) is 10.6 Å². The van der Waals surface area contributed by atoms with E-state index in [-0.39, 0.29) is 11.7 Å². The molecule has 0 radical (unpaired) electrons. The van der Waals surface area contributed by atoms with E-state index in [0.29, 0.717) is 47.5 Å². The minimum atomic E-state index is -1.33. The highest BCUT2D eigenvalue weighted by atomic mass is 32.2. The average molecular weight is 668 g/mol. The molecule has 252 valence electrons. The molecule has 9 nitrogen and oxygen atoms in total. The van der Waals surface area contributed by atoms with Gasteiger partial charge in [-0.3, -0.25) is 4.79 Å². The summed E-state index contributed by atoms with van der Waals surface area (Å²) in [7, 11) is 0. The lowest BCUT2D eigenvalue weighted by molar-refractivity contribution is -0.112. The summed E-state index contributed by atoms with van der Waals surface area (Å²) >= 11 is -1.33. The molecule has 0 bridgehead atoms. The number of nitrogens with one attached hydrogen (secondary N) is 1. The second kappa shape index (κ2) is 17.2. The largest absolute Gasteiger partial charge is 0.611 e. The Kier molecular flexibility index (Phi) is 12.6. The number of carbonyl (C=O) groups is 1. The van der Waals surface area contributed by atoms with E-state index in [1.165, 1.54) is 0 Å². The van der Waals surface area contributed by atoms with E-state index >= 15 is 0 Å². The van der Waals surface area contributed by atoms with Gasteiger partial charge in [-0.1, -0.05) is 45.4 Å². The third-order valence-electron chi connectivity index (χ3n) is 7.91. The Morgan fingerprint density at radius 3 is 2.52 bits per heavy atom. The molecule has 2 heterocycles. The van der Waals surface area contributed by atoms with Gasteiger partial charge >= 0.3 is 0 Å². The minimum absolute atomic E-state index is 0.147. The smallest absolute Gasteiger partial charge is 0.251 e. The molecule has 0 saturated carbocycles. The van der Waals surface area contributed by atoms with Crippen LogP contribution in [0.4, 0.5) is 11.4 Å². The van der Waals surface area contributed by atoms with Crippen LogP contribution in [0.3, 0.4) is 0 Å². The quantitative estimate of drug-likeness (QED) is 0.104. The van der Waals surface area contributed by atoms with Crippen LogP contribution in [0.15, 0.2) is 83.4 Å². The van der Waals surface area contributed by atoms with Gasteiger partial charge in [-0.25, -0.2) is 4.98 Å². The molecule has 3 aromatic carbocycles. The van der Waals surface area contributed by atoms with Gasteiger partial charge < -0.3 is 24.2 Å². The third kappa shape index (κ3) is 9.88. The predicted octanol–water partition coefficient (Wildman–Crippen LogP) is 7.24. The number of unbranched alkanes of at least 4 members (excludes halogenated alkanes) is 1. The molecule has 1 aliphatic rings. The number of ether oxygens (including phenoxy) is 2. The Morgan fingerprint density at radius 2 is 1.79 bits per heavy atom. The molecule has 4 aromatic rings. The lowest BCUT2D eigenvalue weighted by atomic mass is 10.00. The fourth-order valence-corrected chi connectivity index (χ4v) is 6.45. The molecule has 0 spiro atoms. The number of carbonyl (C=O) groups excluding carboxylic acids is 1. The number of fused-ring (bicyclic) bond motifs is 1. The Morgan fingerprint density at radius 1 is 1.02 bits per heavy atom. The van der Waals surface area contributed by atoms with Crippen LogP contribution in [0.25, 0.3) is 17.2 Å². The fraction of sp³-hybridized carbons (Fsp3) is 0.368. The fourth-order valence-electron chi connectivity index (χ4n) is 5.49. The van der Waals surface area contributed by atoms with Crippen LogP contribution in [0.5, 0.6) is 5.75 Å². The molecule has 1 aromatic heterocycles. The Bertz CT molecular complexity index is 1680. The third-order valence-corrected chi connectivity index (χ3v) is 9.23. The molecule has 1 N–H and O–H groups in total. The molecule has 5 rings (SSSR count). The standard InChI is InChI=1S/C38H45N5O4S/c1-5-6-19-46-20-21-47-34-12-7-29(8-13-34)30-9-16-36-32(22-30)23-31(17-18-43(36)25-27(2)3)38(44)41-33-10-14-35(15-11-33)48(45)26-37-40-28(4)24-39-42-37/h7-16,22-24,27H,5-6,17-21,25-26H2,1-4H3,(H,41,44). The average Bonchev–Trinajstić information content (AvgIpc) is 3.25. The van der Waals surface area contributed by atoms with E-state index in [1.54, 1.807) is 30.5 Å². The van der Waals surface area contributed by atoms with Crippen LogP contribution < -0.4 is 15.0 Å². The first kappa shape index (κ1) is 35.1. The zero-order valence-electron chi connectivity index (χ0n) is 28.3. The van der Waals surface area contributed by atoms with Gasteiger partial charge in [0, 0.05) is 36.6 Å². The van der Waals surface area contributed by atoms with Crippen molar-refractivity contribution in [3.05, 3.63) is 95.6 Å². The van der Waals surface area contributed by atoms with Gasteiger partial charge in [-0.05, 0) is 108 Å². The highest BCUT2D eigenvalue weighted by molar-refractivity contribution is 7.90. The van der Waals surface area contributed by atoms with Crippen molar-refractivity contribution in [1.29, 1.82) is 0 Å². The highest BCUT2D eigenvalue weighted by Crippen LogP contribution is 2.34. The van der Waals surface area contributed by atoms with Crippen LogP contribution in [0.2, 0.25) is 0 Å². The summed E-state index contributed by atoms with van der Waals surface area (Å²) in [6.07, 6.45) is 6.38. The van der Waals surface area contributed by atoms with Crippen molar-refractivity contribution in [2.24, 2.45) is 5.92 Å². The van der Waals surface area contributed by atoms with Crippen molar-refractivity contribution in [1.82, 2.24) is 15.2 Å². The highest BCUT2D eigenvalue weighted by Gasteiger charge is 2.21. The van der Waals surface area contributed by atoms with Crippen molar-refractivity contribution in [3.63, 3.8) is 0 Å². The second-order valence-electron chi connectivity index (χ2n) is 12.4. The predicted molar refractivity (Wildman–Crippen MR) is 192 cm³/mol. The summed E-state index contributed by atoms with van der Waals surface area (Å²) in [5.41, 5.74) is 6.36. The molecule has 10 heteroatoms. The maximum Gasteiger partial charge on any atom is 0.251 e. The number of amides is 1. The molecular weight excluding hydrogens is 623 g/mol. The Hall–Kier alpha value is -4.25. The zero-order valence-corrected chi connectivity index (χ0v) is 29.1. The van der Waals surface area contributed by atoms with Crippen molar-refractivity contribution in [3.8, 4) is 16.9 Å². The Labute approximate surface area is 287 Å². The summed E-state index contributed by atoms with van der Waals surface area (Å²) in [6, 6.07) is 21.7.